The summed E-state index contributed by atoms with van der Waals surface area (Å²) in [7, 11) is 0. The first-order valence-corrected chi connectivity index (χ1v) is 7.40. The van der Waals surface area contributed by atoms with E-state index in [9.17, 15) is 10.1 Å². The normalized spacial score (nSPS) is 18.4. The van der Waals surface area contributed by atoms with Crippen LogP contribution in [0.4, 0.5) is 5.69 Å². The number of carbonyl (C=O) groups excluding carboxylic acids is 1. The van der Waals surface area contributed by atoms with E-state index in [-0.39, 0.29) is 17.4 Å². The number of carbonyl (C=O) groups is 1. The maximum atomic E-state index is 12.6. The number of amides is 1. The van der Waals surface area contributed by atoms with Crippen molar-refractivity contribution >= 4 is 22.4 Å². The van der Waals surface area contributed by atoms with Crippen molar-refractivity contribution in [3.8, 4) is 6.07 Å². The predicted molar refractivity (Wildman–Crippen MR) is 82.4 cm³/mol. The van der Waals surface area contributed by atoms with E-state index in [1.807, 2.05) is 49.1 Å². The molecule has 2 aromatic rings. The van der Waals surface area contributed by atoms with Gasteiger partial charge in [0.1, 0.15) is 0 Å². The molecule has 0 saturated heterocycles. The second-order valence-corrected chi connectivity index (χ2v) is 6.32. The lowest BCUT2D eigenvalue weighted by molar-refractivity contribution is 0.0987. The fraction of sp³-hybridized carbons (Fsp3) is 0.333. The summed E-state index contributed by atoms with van der Waals surface area (Å²) in [5.41, 5.74) is 2.51. The second kappa shape index (κ2) is 3.85. The molecular weight excluding hydrogens is 260 g/mol. The standard InChI is InChI=1S/C18H16N2O/c1-11(2)20-15-7-6-14(18(10-19)8-9-18)12-4-3-5-13(16(12)15)17(20)21/h3-7,11H,8-9H2,1-2H3. The Balaban J connectivity index is 2.06. The van der Waals surface area contributed by atoms with Crippen LogP contribution >= 0.6 is 0 Å². The van der Waals surface area contributed by atoms with E-state index < -0.39 is 0 Å². The van der Waals surface area contributed by atoms with Gasteiger partial charge in [-0.2, -0.15) is 5.26 Å². The summed E-state index contributed by atoms with van der Waals surface area (Å²) in [6.07, 6.45) is 1.84. The largest absolute Gasteiger partial charge is 0.305 e. The Kier molecular flexibility index (Phi) is 2.28. The average molecular weight is 276 g/mol. The zero-order valence-corrected chi connectivity index (χ0v) is 12.2. The molecule has 1 aliphatic heterocycles. The summed E-state index contributed by atoms with van der Waals surface area (Å²) in [4.78, 5) is 14.5. The minimum atomic E-state index is -0.328. The van der Waals surface area contributed by atoms with Crippen molar-refractivity contribution in [1.29, 1.82) is 5.26 Å². The smallest absolute Gasteiger partial charge is 0.259 e. The van der Waals surface area contributed by atoms with Crippen LogP contribution < -0.4 is 4.90 Å². The minimum Gasteiger partial charge on any atom is -0.305 e. The van der Waals surface area contributed by atoms with Gasteiger partial charge in [-0.15, -0.1) is 0 Å². The van der Waals surface area contributed by atoms with Gasteiger partial charge in [0.15, 0.2) is 0 Å². The van der Waals surface area contributed by atoms with Crippen molar-refractivity contribution in [3.63, 3.8) is 0 Å². The second-order valence-electron chi connectivity index (χ2n) is 6.32. The topological polar surface area (TPSA) is 44.1 Å². The summed E-state index contributed by atoms with van der Waals surface area (Å²) < 4.78 is 0. The number of benzene rings is 2. The first-order chi connectivity index (χ1) is 10.1. The molecule has 3 nitrogen and oxygen atoms in total. The molecule has 0 N–H and O–H groups in total. The summed E-state index contributed by atoms with van der Waals surface area (Å²) in [6.45, 7) is 4.06. The minimum absolute atomic E-state index is 0.0737. The van der Waals surface area contributed by atoms with Gasteiger partial charge in [-0.3, -0.25) is 4.79 Å². The molecule has 1 amide bonds. The quantitative estimate of drug-likeness (QED) is 0.838. The van der Waals surface area contributed by atoms with Gasteiger partial charge in [-0.1, -0.05) is 18.2 Å². The van der Waals surface area contributed by atoms with Crippen molar-refractivity contribution in [2.45, 2.75) is 38.1 Å². The van der Waals surface area contributed by atoms with Crippen LogP contribution in [0.1, 0.15) is 42.6 Å². The third kappa shape index (κ3) is 1.45. The number of nitriles is 1. The van der Waals surface area contributed by atoms with Gasteiger partial charge >= 0.3 is 0 Å². The molecule has 0 aromatic heterocycles. The number of rotatable bonds is 2. The van der Waals surface area contributed by atoms with Crippen LogP contribution in [0.5, 0.6) is 0 Å². The highest BCUT2D eigenvalue weighted by Crippen LogP contribution is 2.52. The summed E-state index contributed by atoms with van der Waals surface area (Å²) >= 11 is 0. The van der Waals surface area contributed by atoms with E-state index in [0.717, 1.165) is 40.4 Å². The van der Waals surface area contributed by atoms with Gasteiger partial charge in [-0.25, -0.2) is 0 Å². The fourth-order valence-corrected chi connectivity index (χ4v) is 3.50. The molecule has 0 spiro atoms. The van der Waals surface area contributed by atoms with Crippen LogP contribution in [0.2, 0.25) is 0 Å². The zero-order valence-electron chi connectivity index (χ0n) is 12.2. The van der Waals surface area contributed by atoms with Gasteiger partial charge in [0.2, 0.25) is 0 Å². The lowest BCUT2D eigenvalue weighted by atomic mass is 9.90. The monoisotopic (exact) mass is 276 g/mol. The summed E-state index contributed by atoms with van der Waals surface area (Å²) in [5, 5.41) is 11.6. The van der Waals surface area contributed by atoms with E-state index in [4.69, 9.17) is 0 Å². The third-order valence-corrected chi connectivity index (χ3v) is 4.72. The van der Waals surface area contributed by atoms with Gasteiger partial charge in [0, 0.05) is 17.0 Å². The Labute approximate surface area is 123 Å². The lowest BCUT2D eigenvalue weighted by Crippen LogP contribution is -2.33. The van der Waals surface area contributed by atoms with E-state index in [1.54, 1.807) is 0 Å². The molecule has 3 heteroatoms. The molecule has 0 bridgehead atoms. The molecule has 0 unspecified atom stereocenters. The van der Waals surface area contributed by atoms with Crippen molar-refractivity contribution in [1.82, 2.24) is 0 Å². The zero-order chi connectivity index (χ0) is 14.8. The van der Waals surface area contributed by atoms with Gasteiger partial charge in [-0.05, 0) is 49.8 Å². The molecule has 104 valence electrons. The van der Waals surface area contributed by atoms with Crippen LogP contribution in [0.3, 0.4) is 0 Å². The van der Waals surface area contributed by atoms with Gasteiger partial charge < -0.3 is 4.90 Å². The molecule has 1 heterocycles. The van der Waals surface area contributed by atoms with Crippen molar-refractivity contribution in [3.05, 3.63) is 41.5 Å². The maximum absolute atomic E-state index is 12.6. The molecule has 2 aliphatic rings. The highest BCUT2D eigenvalue weighted by molar-refractivity contribution is 6.25. The molecule has 1 saturated carbocycles. The van der Waals surface area contributed by atoms with E-state index in [0.29, 0.717) is 0 Å². The van der Waals surface area contributed by atoms with E-state index in [2.05, 4.69) is 6.07 Å². The van der Waals surface area contributed by atoms with Crippen molar-refractivity contribution in [2.24, 2.45) is 0 Å². The molecule has 1 fully saturated rings. The Morgan fingerprint density at radius 2 is 2.00 bits per heavy atom. The Bertz CT molecular complexity index is 825. The van der Waals surface area contributed by atoms with Crippen LogP contribution in [0, 0.1) is 11.3 Å². The fourth-order valence-electron chi connectivity index (χ4n) is 3.50. The van der Waals surface area contributed by atoms with Crippen LogP contribution in [-0.2, 0) is 5.41 Å². The summed E-state index contributed by atoms with van der Waals surface area (Å²) in [5.74, 6) is 0.0737. The number of hydrogen-bond donors (Lipinski definition) is 0. The Morgan fingerprint density at radius 1 is 1.24 bits per heavy atom. The average Bonchev–Trinajstić information content (AvgIpc) is 3.21. The molecule has 2 aromatic carbocycles. The highest BCUT2D eigenvalue weighted by atomic mass is 16.2. The molecular formula is C18H16N2O. The molecule has 0 radical (unpaired) electrons. The van der Waals surface area contributed by atoms with Gasteiger partial charge in [0.25, 0.3) is 5.91 Å². The highest BCUT2D eigenvalue weighted by Gasteiger charge is 2.46. The van der Waals surface area contributed by atoms with E-state index in [1.165, 1.54) is 0 Å². The molecule has 4 rings (SSSR count). The van der Waals surface area contributed by atoms with Crippen LogP contribution in [0.15, 0.2) is 30.3 Å². The Morgan fingerprint density at radius 3 is 2.62 bits per heavy atom. The number of hydrogen-bond acceptors (Lipinski definition) is 2. The SMILES string of the molecule is CC(C)N1C(=O)c2cccc3c(C4(C#N)CC4)ccc1c23. The van der Waals surface area contributed by atoms with Gasteiger partial charge in [0.05, 0.1) is 17.2 Å². The first kappa shape index (κ1) is 12.4. The van der Waals surface area contributed by atoms with E-state index >= 15 is 0 Å². The lowest BCUT2D eigenvalue weighted by Gasteiger charge is -2.22. The van der Waals surface area contributed by atoms with Crippen LogP contribution in [-0.4, -0.2) is 11.9 Å². The summed E-state index contributed by atoms with van der Waals surface area (Å²) in [6, 6.07) is 12.5. The Hall–Kier alpha value is -2.34. The third-order valence-electron chi connectivity index (χ3n) is 4.72. The van der Waals surface area contributed by atoms with Crippen molar-refractivity contribution in [2.75, 3.05) is 4.90 Å². The van der Waals surface area contributed by atoms with Crippen LogP contribution in [0.25, 0.3) is 10.8 Å². The molecule has 0 atom stereocenters. The number of anilines is 1. The number of nitrogens with zero attached hydrogens (tertiary/aromatic N) is 2. The molecule has 21 heavy (non-hydrogen) atoms. The van der Waals surface area contributed by atoms with Crippen molar-refractivity contribution < 1.29 is 4.79 Å². The maximum Gasteiger partial charge on any atom is 0.259 e. The first-order valence-electron chi connectivity index (χ1n) is 7.40. The predicted octanol–water partition coefficient (Wildman–Crippen LogP) is 3.76. The molecule has 1 aliphatic carbocycles.